The minimum atomic E-state index is 0.331. The van der Waals surface area contributed by atoms with Gasteiger partial charge in [0.15, 0.2) is 0 Å². The van der Waals surface area contributed by atoms with Crippen LogP contribution in [0.1, 0.15) is 12.2 Å². The quantitative estimate of drug-likeness (QED) is 0.841. The van der Waals surface area contributed by atoms with E-state index >= 15 is 0 Å². The van der Waals surface area contributed by atoms with Gasteiger partial charge in [0, 0.05) is 19.5 Å². The third kappa shape index (κ3) is 2.48. The molecule has 0 saturated carbocycles. The van der Waals surface area contributed by atoms with Crippen molar-refractivity contribution in [3.8, 4) is 0 Å². The van der Waals surface area contributed by atoms with Gasteiger partial charge in [0.1, 0.15) is 5.82 Å². The summed E-state index contributed by atoms with van der Waals surface area (Å²) in [6.45, 7) is 2.76. The lowest BCUT2D eigenvalue weighted by molar-refractivity contribution is 0.0236. The topological polar surface area (TPSA) is 49.9 Å². The molecule has 1 aliphatic heterocycles. The first kappa shape index (κ1) is 10.7. The van der Waals surface area contributed by atoms with Crippen LogP contribution in [0.3, 0.4) is 0 Å². The van der Waals surface area contributed by atoms with Crippen molar-refractivity contribution < 1.29 is 4.74 Å². The maximum absolute atomic E-state index is 5.67. The van der Waals surface area contributed by atoms with Crippen LogP contribution in [0.2, 0.25) is 0 Å². The zero-order valence-corrected chi connectivity index (χ0v) is 9.78. The van der Waals surface area contributed by atoms with Crippen LogP contribution in [-0.2, 0) is 11.2 Å². The van der Waals surface area contributed by atoms with Crippen LogP contribution in [0.5, 0.6) is 0 Å². The second-order valence-corrected chi connectivity index (χ2v) is 4.44. The predicted octanol–water partition coefficient (Wildman–Crippen LogP) is 1.48. The predicted molar refractivity (Wildman–Crippen MR) is 67.0 cm³/mol. The maximum Gasteiger partial charge on any atom is 0.107 e. The van der Waals surface area contributed by atoms with E-state index in [9.17, 15) is 0 Å². The summed E-state index contributed by atoms with van der Waals surface area (Å²) in [5.41, 5.74) is 2.16. The number of benzene rings is 1. The van der Waals surface area contributed by atoms with Crippen molar-refractivity contribution in [2.45, 2.75) is 18.9 Å². The molecule has 2 heterocycles. The second-order valence-electron chi connectivity index (χ2n) is 4.44. The van der Waals surface area contributed by atoms with E-state index in [2.05, 4.69) is 21.4 Å². The fourth-order valence-electron chi connectivity index (χ4n) is 2.23. The number of ether oxygens (including phenoxy) is 1. The zero-order chi connectivity index (χ0) is 11.5. The molecule has 4 nitrogen and oxygen atoms in total. The van der Waals surface area contributed by atoms with Gasteiger partial charge in [0.2, 0.25) is 0 Å². The van der Waals surface area contributed by atoms with E-state index < -0.39 is 0 Å². The highest BCUT2D eigenvalue weighted by Gasteiger charge is 2.13. The number of nitrogens with one attached hydrogen (secondary N) is 2. The Labute approximate surface area is 100 Å². The van der Waals surface area contributed by atoms with Gasteiger partial charge >= 0.3 is 0 Å². The summed E-state index contributed by atoms with van der Waals surface area (Å²) in [5, 5.41) is 3.34. The van der Waals surface area contributed by atoms with Crippen molar-refractivity contribution in [1.29, 1.82) is 0 Å². The average Bonchev–Trinajstić information content (AvgIpc) is 2.80. The van der Waals surface area contributed by atoms with Gasteiger partial charge in [-0.25, -0.2) is 4.98 Å². The molecule has 1 unspecified atom stereocenters. The number of rotatable bonds is 3. The molecule has 90 valence electrons. The van der Waals surface area contributed by atoms with Crippen LogP contribution in [0.25, 0.3) is 11.0 Å². The molecular formula is C13H17N3O. The maximum atomic E-state index is 5.67. The number of aromatic amines is 1. The second kappa shape index (κ2) is 4.85. The van der Waals surface area contributed by atoms with Crippen LogP contribution < -0.4 is 5.32 Å². The summed E-state index contributed by atoms with van der Waals surface area (Å²) >= 11 is 0. The molecule has 0 amide bonds. The molecular weight excluding hydrogens is 214 g/mol. The average molecular weight is 231 g/mol. The molecule has 1 fully saturated rings. The monoisotopic (exact) mass is 231 g/mol. The van der Waals surface area contributed by atoms with E-state index in [0.717, 1.165) is 49.4 Å². The Balaban J connectivity index is 1.64. The third-order valence-corrected chi connectivity index (χ3v) is 3.15. The first-order valence-corrected chi connectivity index (χ1v) is 6.18. The number of hydrogen-bond acceptors (Lipinski definition) is 3. The molecule has 0 radical (unpaired) electrons. The van der Waals surface area contributed by atoms with Gasteiger partial charge in [-0.1, -0.05) is 12.1 Å². The van der Waals surface area contributed by atoms with Crippen molar-refractivity contribution in [3.63, 3.8) is 0 Å². The fourth-order valence-corrected chi connectivity index (χ4v) is 2.23. The summed E-state index contributed by atoms with van der Waals surface area (Å²) in [5.74, 6) is 1.06. The molecule has 4 heteroatoms. The normalized spacial score (nSPS) is 20.8. The lowest BCUT2D eigenvalue weighted by atomic mass is 10.1. The van der Waals surface area contributed by atoms with E-state index in [1.54, 1.807) is 0 Å². The molecule has 1 atom stereocenters. The number of fused-ring (bicyclic) bond motifs is 1. The van der Waals surface area contributed by atoms with Crippen molar-refractivity contribution in [2.75, 3.05) is 19.7 Å². The highest BCUT2D eigenvalue weighted by molar-refractivity contribution is 5.74. The molecule has 1 saturated heterocycles. The van der Waals surface area contributed by atoms with E-state index in [1.807, 2.05) is 18.2 Å². The number of H-pyrrole nitrogens is 1. The van der Waals surface area contributed by atoms with E-state index in [1.165, 1.54) is 0 Å². The number of para-hydroxylation sites is 2. The highest BCUT2D eigenvalue weighted by Crippen LogP contribution is 2.13. The Hall–Kier alpha value is -1.39. The fraction of sp³-hybridized carbons (Fsp3) is 0.462. The van der Waals surface area contributed by atoms with Gasteiger partial charge in [0.25, 0.3) is 0 Å². The van der Waals surface area contributed by atoms with Crippen molar-refractivity contribution in [1.82, 2.24) is 15.3 Å². The molecule has 17 heavy (non-hydrogen) atoms. The van der Waals surface area contributed by atoms with Crippen molar-refractivity contribution in [3.05, 3.63) is 30.1 Å². The Morgan fingerprint density at radius 3 is 3.12 bits per heavy atom. The molecule has 2 aromatic rings. The molecule has 1 aromatic heterocycles. The summed E-state index contributed by atoms with van der Waals surface area (Å²) in [7, 11) is 0. The van der Waals surface area contributed by atoms with Gasteiger partial charge in [-0.3, -0.25) is 0 Å². The Morgan fingerprint density at radius 2 is 2.29 bits per heavy atom. The first-order valence-electron chi connectivity index (χ1n) is 6.18. The van der Waals surface area contributed by atoms with Gasteiger partial charge < -0.3 is 15.0 Å². The van der Waals surface area contributed by atoms with Gasteiger partial charge in [-0.2, -0.15) is 0 Å². The lowest BCUT2D eigenvalue weighted by Gasteiger charge is -2.23. The molecule has 0 spiro atoms. The van der Waals surface area contributed by atoms with E-state index in [0.29, 0.717) is 6.10 Å². The molecule has 3 rings (SSSR count). The van der Waals surface area contributed by atoms with Crippen LogP contribution in [0, 0.1) is 0 Å². The number of aryl methyl sites for hydroxylation is 1. The van der Waals surface area contributed by atoms with Crippen molar-refractivity contribution in [2.24, 2.45) is 0 Å². The largest absolute Gasteiger partial charge is 0.376 e. The van der Waals surface area contributed by atoms with Crippen LogP contribution in [0.4, 0.5) is 0 Å². The Bertz CT molecular complexity index is 455. The van der Waals surface area contributed by atoms with Gasteiger partial charge in [-0.05, 0) is 18.6 Å². The summed E-state index contributed by atoms with van der Waals surface area (Å²) in [4.78, 5) is 7.91. The summed E-state index contributed by atoms with van der Waals surface area (Å²) in [6, 6.07) is 8.14. The number of nitrogens with zero attached hydrogens (tertiary/aromatic N) is 1. The highest BCUT2D eigenvalue weighted by atomic mass is 16.5. The lowest BCUT2D eigenvalue weighted by Crippen LogP contribution is -2.38. The van der Waals surface area contributed by atoms with Crippen molar-refractivity contribution >= 4 is 11.0 Å². The van der Waals surface area contributed by atoms with Crippen LogP contribution in [0.15, 0.2) is 24.3 Å². The molecule has 0 aliphatic carbocycles. The molecule has 2 N–H and O–H groups in total. The SMILES string of the molecule is c1ccc2[nH]c(CCC3CNCCO3)nc2c1. The van der Waals surface area contributed by atoms with Crippen LogP contribution >= 0.6 is 0 Å². The minimum Gasteiger partial charge on any atom is -0.376 e. The smallest absolute Gasteiger partial charge is 0.107 e. The van der Waals surface area contributed by atoms with E-state index in [-0.39, 0.29) is 0 Å². The number of hydrogen-bond donors (Lipinski definition) is 2. The molecule has 1 aromatic carbocycles. The Kier molecular flexibility index (Phi) is 3.07. The first-order chi connectivity index (χ1) is 8.42. The van der Waals surface area contributed by atoms with Gasteiger partial charge in [0.05, 0.1) is 23.7 Å². The number of morpholine rings is 1. The van der Waals surface area contributed by atoms with Gasteiger partial charge in [-0.15, -0.1) is 0 Å². The molecule has 0 bridgehead atoms. The number of aromatic nitrogens is 2. The third-order valence-electron chi connectivity index (χ3n) is 3.15. The zero-order valence-electron chi connectivity index (χ0n) is 9.78. The number of imidazole rings is 1. The van der Waals surface area contributed by atoms with Crippen LogP contribution in [-0.4, -0.2) is 35.8 Å². The summed E-state index contributed by atoms with van der Waals surface area (Å²) < 4.78 is 5.67. The minimum absolute atomic E-state index is 0.331. The Morgan fingerprint density at radius 1 is 1.35 bits per heavy atom. The summed E-state index contributed by atoms with van der Waals surface area (Å²) in [6.07, 6.45) is 2.30. The van der Waals surface area contributed by atoms with E-state index in [4.69, 9.17) is 4.74 Å². The standard InChI is InChI=1S/C13H17N3O/c1-2-4-12-11(3-1)15-13(16-12)6-5-10-9-14-7-8-17-10/h1-4,10,14H,5-9H2,(H,15,16). The molecule has 1 aliphatic rings.